The summed E-state index contributed by atoms with van der Waals surface area (Å²) in [5, 5.41) is 30.5. The van der Waals surface area contributed by atoms with Gasteiger partial charge in [0.15, 0.2) is 0 Å². The fraction of sp³-hybridized carbons (Fsp3) is 0.273. The summed E-state index contributed by atoms with van der Waals surface area (Å²) < 4.78 is 0. The molecule has 0 saturated heterocycles. The molecule has 0 saturated carbocycles. The quantitative estimate of drug-likeness (QED) is 0.488. The number of benzene rings is 1. The number of carboxylic acids is 2. The highest BCUT2D eigenvalue weighted by Crippen LogP contribution is 2.13. The lowest BCUT2D eigenvalue weighted by atomic mass is 10.1. The van der Waals surface area contributed by atoms with Gasteiger partial charge in [-0.05, 0) is 5.56 Å². The first-order chi connectivity index (χ1) is 8.90. The van der Waals surface area contributed by atoms with E-state index < -0.39 is 29.3 Å². The molecule has 0 radical (unpaired) electrons. The third-order valence-corrected chi connectivity index (χ3v) is 2.35. The number of carbonyl (C=O) groups is 2. The molecule has 0 aliphatic heterocycles. The van der Waals surface area contributed by atoms with Gasteiger partial charge in [0.2, 0.25) is 0 Å². The molecule has 0 aliphatic carbocycles. The van der Waals surface area contributed by atoms with Gasteiger partial charge in [0.1, 0.15) is 6.04 Å². The molecule has 1 aromatic carbocycles. The lowest BCUT2D eigenvalue weighted by Gasteiger charge is -2.12. The van der Waals surface area contributed by atoms with E-state index in [1.54, 1.807) is 6.07 Å². The van der Waals surface area contributed by atoms with E-state index in [1.807, 2.05) is 0 Å². The minimum Gasteiger partial charge on any atom is -0.481 e. The van der Waals surface area contributed by atoms with Gasteiger partial charge < -0.3 is 10.2 Å². The first kappa shape index (κ1) is 14.6. The molecular weight excluding hydrogens is 256 g/mol. The molecule has 102 valence electrons. The van der Waals surface area contributed by atoms with E-state index in [1.165, 1.54) is 18.2 Å². The van der Waals surface area contributed by atoms with Crippen molar-refractivity contribution in [2.24, 2.45) is 0 Å². The third-order valence-electron chi connectivity index (χ3n) is 2.35. The van der Waals surface area contributed by atoms with E-state index >= 15 is 0 Å². The lowest BCUT2D eigenvalue weighted by Crippen LogP contribution is -2.38. The van der Waals surface area contributed by atoms with Crippen LogP contribution >= 0.6 is 0 Å². The van der Waals surface area contributed by atoms with Crippen molar-refractivity contribution in [3.63, 3.8) is 0 Å². The SMILES string of the molecule is O=C(O)CC(NCc1cccc([N+](=O)[O-])c1)C(=O)O. The molecule has 1 unspecified atom stereocenters. The number of aliphatic carboxylic acids is 2. The first-order valence-corrected chi connectivity index (χ1v) is 5.31. The van der Waals surface area contributed by atoms with Crippen molar-refractivity contribution < 1.29 is 24.7 Å². The van der Waals surface area contributed by atoms with E-state index in [4.69, 9.17) is 10.2 Å². The van der Waals surface area contributed by atoms with Gasteiger partial charge in [0.05, 0.1) is 11.3 Å². The smallest absolute Gasteiger partial charge is 0.321 e. The molecule has 0 aliphatic rings. The summed E-state index contributed by atoms with van der Waals surface area (Å²) in [6, 6.07) is 4.43. The first-order valence-electron chi connectivity index (χ1n) is 5.31. The zero-order valence-corrected chi connectivity index (χ0v) is 9.78. The monoisotopic (exact) mass is 268 g/mol. The van der Waals surface area contributed by atoms with Crippen molar-refractivity contribution in [3.05, 3.63) is 39.9 Å². The van der Waals surface area contributed by atoms with Gasteiger partial charge in [-0.25, -0.2) is 0 Å². The molecule has 0 bridgehead atoms. The van der Waals surface area contributed by atoms with Crippen molar-refractivity contribution in [1.29, 1.82) is 0 Å². The maximum atomic E-state index is 10.8. The Labute approximate surface area is 107 Å². The van der Waals surface area contributed by atoms with Gasteiger partial charge >= 0.3 is 11.9 Å². The Hall–Kier alpha value is -2.48. The second kappa shape index (κ2) is 6.45. The summed E-state index contributed by atoms with van der Waals surface area (Å²) in [5.74, 6) is -2.52. The average molecular weight is 268 g/mol. The van der Waals surface area contributed by atoms with Crippen LogP contribution in [0.1, 0.15) is 12.0 Å². The molecule has 8 heteroatoms. The number of nitrogens with one attached hydrogen (secondary N) is 1. The number of non-ortho nitro benzene ring substituents is 1. The predicted molar refractivity (Wildman–Crippen MR) is 63.6 cm³/mol. The highest BCUT2D eigenvalue weighted by Gasteiger charge is 2.20. The number of nitro groups is 1. The normalized spacial score (nSPS) is 11.8. The Kier molecular flexibility index (Phi) is 4.95. The maximum absolute atomic E-state index is 10.8. The predicted octanol–water partition coefficient (Wildman–Crippen LogP) is 0.612. The second-order valence-corrected chi connectivity index (χ2v) is 3.80. The van der Waals surface area contributed by atoms with Crippen LogP contribution in [0.25, 0.3) is 0 Å². The van der Waals surface area contributed by atoms with Gasteiger partial charge in [-0.1, -0.05) is 12.1 Å². The minimum atomic E-state index is -1.28. The second-order valence-electron chi connectivity index (χ2n) is 3.80. The van der Waals surface area contributed by atoms with E-state index in [0.29, 0.717) is 5.56 Å². The summed E-state index contributed by atoms with van der Waals surface area (Å²) in [6.07, 6.45) is -0.565. The fourth-order valence-electron chi connectivity index (χ4n) is 1.44. The minimum absolute atomic E-state index is 0.0337. The largest absolute Gasteiger partial charge is 0.481 e. The van der Waals surface area contributed by atoms with Crippen molar-refractivity contribution >= 4 is 17.6 Å². The highest BCUT2D eigenvalue weighted by atomic mass is 16.6. The van der Waals surface area contributed by atoms with Crippen LogP contribution in [0.15, 0.2) is 24.3 Å². The van der Waals surface area contributed by atoms with E-state index in [0.717, 1.165) is 0 Å². The number of rotatable bonds is 7. The summed E-state index contributed by atoms with van der Waals surface area (Å²) >= 11 is 0. The molecule has 0 fully saturated rings. The molecular formula is C11H12N2O6. The Morgan fingerprint density at radius 2 is 2.05 bits per heavy atom. The molecule has 8 nitrogen and oxygen atoms in total. The van der Waals surface area contributed by atoms with Crippen LogP contribution in [0.3, 0.4) is 0 Å². The lowest BCUT2D eigenvalue weighted by molar-refractivity contribution is -0.384. The maximum Gasteiger partial charge on any atom is 0.321 e. The van der Waals surface area contributed by atoms with Crippen LogP contribution in [0.4, 0.5) is 5.69 Å². The van der Waals surface area contributed by atoms with Crippen molar-refractivity contribution in [2.75, 3.05) is 0 Å². The molecule has 3 N–H and O–H groups in total. The molecule has 1 atom stereocenters. The summed E-state index contributed by atoms with van der Waals surface area (Å²) in [5.41, 5.74) is 0.398. The van der Waals surface area contributed by atoms with Crippen molar-refractivity contribution in [1.82, 2.24) is 5.32 Å². The summed E-state index contributed by atoms with van der Waals surface area (Å²) in [7, 11) is 0. The molecule has 19 heavy (non-hydrogen) atoms. The highest BCUT2D eigenvalue weighted by molar-refractivity contribution is 5.80. The topological polar surface area (TPSA) is 130 Å². The van der Waals surface area contributed by atoms with Crippen LogP contribution in [-0.2, 0) is 16.1 Å². The van der Waals surface area contributed by atoms with E-state index in [2.05, 4.69) is 5.32 Å². The Morgan fingerprint density at radius 1 is 1.37 bits per heavy atom. The number of nitro benzene ring substituents is 1. The Bertz CT molecular complexity index is 502. The van der Waals surface area contributed by atoms with E-state index in [9.17, 15) is 19.7 Å². The van der Waals surface area contributed by atoms with Gasteiger partial charge in [0, 0.05) is 18.7 Å². The molecule has 0 aromatic heterocycles. The van der Waals surface area contributed by atoms with Crippen LogP contribution in [-0.4, -0.2) is 33.1 Å². The number of carboxylic acid groups (broad SMARTS) is 2. The summed E-state index contributed by atoms with van der Waals surface area (Å²) in [6.45, 7) is 0.0337. The Morgan fingerprint density at radius 3 is 2.58 bits per heavy atom. The molecule has 0 amide bonds. The van der Waals surface area contributed by atoms with Gasteiger partial charge in [0.25, 0.3) is 5.69 Å². The van der Waals surface area contributed by atoms with Gasteiger partial charge in [-0.15, -0.1) is 0 Å². The van der Waals surface area contributed by atoms with Crippen LogP contribution < -0.4 is 5.32 Å². The van der Waals surface area contributed by atoms with Crippen LogP contribution in [0.2, 0.25) is 0 Å². The zero-order valence-electron chi connectivity index (χ0n) is 9.78. The number of hydrogen-bond donors (Lipinski definition) is 3. The molecule has 1 aromatic rings. The van der Waals surface area contributed by atoms with Crippen molar-refractivity contribution in [3.8, 4) is 0 Å². The Balaban J connectivity index is 2.68. The van der Waals surface area contributed by atoms with E-state index in [-0.39, 0.29) is 12.2 Å². The molecule has 1 rings (SSSR count). The van der Waals surface area contributed by atoms with Gasteiger partial charge in [-0.2, -0.15) is 0 Å². The zero-order chi connectivity index (χ0) is 14.4. The number of nitrogens with zero attached hydrogens (tertiary/aromatic N) is 1. The summed E-state index contributed by atoms with van der Waals surface area (Å²) in [4.78, 5) is 31.3. The average Bonchev–Trinajstić information content (AvgIpc) is 2.34. The third kappa shape index (κ3) is 4.72. The molecule has 0 spiro atoms. The number of hydrogen-bond acceptors (Lipinski definition) is 5. The fourth-order valence-corrected chi connectivity index (χ4v) is 1.44. The van der Waals surface area contributed by atoms with Gasteiger partial charge in [-0.3, -0.25) is 25.0 Å². The van der Waals surface area contributed by atoms with Crippen LogP contribution in [0, 0.1) is 10.1 Å². The van der Waals surface area contributed by atoms with Crippen LogP contribution in [0.5, 0.6) is 0 Å². The standard InChI is InChI=1S/C11H12N2O6/c14-10(15)5-9(11(16)17)12-6-7-2-1-3-8(4-7)13(18)19/h1-4,9,12H,5-6H2,(H,14,15)(H,16,17). The van der Waals surface area contributed by atoms with Crippen molar-refractivity contribution in [2.45, 2.75) is 19.0 Å². The molecule has 0 heterocycles.